The first kappa shape index (κ1) is 23.1. The van der Waals surface area contributed by atoms with E-state index in [1.807, 2.05) is 0 Å². The fraction of sp³-hybridized carbons (Fsp3) is 0.136. The lowest BCUT2D eigenvalue weighted by atomic mass is 10.1. The Kier molecular flexibility index (Phi) is 6.45. The number of nitrogens with zero attached hydrogens (tertiary/aromatic N) is 1. The number of alkyl halides is 3. The second kappa shape index (κ2) is 8.91. The van der Waals surface area contributed by atoms with E-state index in [0.29, 0.717) is 5.69 Å². The van der Waals surface area contributed by atoms with E-state index in [0.717, 1.165) is 12.1 Å². The molecule has 3 aromatic carbocycles. The summed E-state index contributed by atoms with van der Waals surface area (Å²) in [6, 6.07) is 16.4. The molecule has 10 heteroatoms. The van der Waals surface area contributed by atoms with Crippen LogP contribution in [0.15, 0.2) is 77.7 Å². The van der Waals surface area contributed by atoms with Crippen molar-refractivity contribution in [3.05, 3.63) is 83.9 Å². The Bertz CT molecular complexity index is 1210. The zero-order chi connectivity index (χ0) is 23.5. The minimum Gasteiger partial charge on any atom is -0.376 e. The van der Waals surface area contributed by atoms with Gasteiger partial charge in [-0.15, -0.1) is 0 Å². The average Bonchev–Trinajstić information content (AvgIpc) is 2.73. The number of nitrogens with one attached hydrogen (secondary N) is 2. The molecule has 3 aromatic rings. The van der Waals surface area contributed by atoms with E-state index in [1.54, 1.807) is 37.2 Å². The minimum absolute atomic E-state index is 0.00341. The summed E-state index contributed by atoms with van der Waals surface area (Å²) in [6.45, 7) is 0. The lowest BCUT2D eigenvalue weighted by molar-refractivity contribution is -0.137. The predicted octanol–water partition coefficient (Wildman–Crippen LogP) is 4.82. The predicted molar refractivity (Wildman–Crippen MR) is 117 cm³/mol. The Labute approximate surface area is 183 Å². The maximum absolute atomic E-state index is 13.1. The summed E-state index contributed by atoms with van der Waals surface area (Å²) in [5, 5.41) is 2.49. The van der Waals surface area contributed by atoms with Gasteiger partial charge in [-0.3, -0.25) is 9.52 Å². The van der Waals surface area contributed by atoms with E-state index in [9.17, 15) is 26.4 Å². The first-order valence-corrected chi connectivity index (χ1v) is 10.8. The third-order valence-corrected chi connectivity index (χ3v) is 5.90. The third-order valence-electron chi connectivity index (χ3n) is 4.51. The Morgan fingerprint density at radius 3 is 2.09 bits per heavy atom. The van der Waals surface area contributed by atoms with Gasteiger partial charge in [0, 0.05) is 25.3 Å². The molecule has 0 aliphatic rings. The molecule has 0 bridgehead atoms. The first-order valence-electron chi connectivity index (χ1n) is 9.35. The molecule has 0 aromatic heterocycles. The Hall–Kier alpha value is -3.53. The van der Waals surface area contributed by atoms with E-state index in [1.165, 1.54) is 42.5 Å². The Morgan fingerprint density at radius 1 is 0.906 bits per heavy atom. The van der Waals surface area contributed by atoms with Crippen molar-refractivity contribution < 1.29 is 26.4 Å². The van der Waals surface area contributed by atoms with Crippen molar-refractivity contribution in [2.24, 2.45) is 0 Å². The lowest BCUT2D eigenvalue weighted by Crippen LogP contribution is -2.18. The molecule has 0 aliphatic heterocycles. The summed E-state index contributed by atoms with van der Waals surface area (Å²) in [6.07, 6.45) is -4.55. The molecule has 2 N–H and O–H groups in total. The maximum atomic E-state index is 13.1. The second-order valence-electron chi connectivity index (χ2n) is 7.07. The molecule has 0 heterocycles. The quantitative estimate of drug-likeness (QED) is 0.549. The minimum atomic E-state index is -4.55. The van der Waals surface area contributed by atoms with Crippen LogP contribution in [0.25, 0.3) is 0 Å². The van der Waals surface area contributed by atoms with Crippen LogP contribution in [0.5, 0.6) is 0 Å². The van der Waals surface area contributed by atoms with Crippen LogP contribution in [0.1, 0.15) is 15.9 Å². The van der Waals surface area contributed by atoms with Gasteiger partial charge < -0.3 is 10.2 Å². The smallest absolute Gasteiger partial charge is 0.376 e. The molecule has 0 spiro atoms. The molecule has 32 heavy (non-hydrogen) atoms. The van der Waals surface area contributed by atoms with Crippen molar-refractivity contribution >= 4 is 33.0 Å². The molecule has 168 valence electrons. The molecule has 0 unspecified atom stereocenters. The molecule has 0 saturated carbocycles. The van der Waals surface area contributed by atoms with Crippen LogP contribution in [0.3, 0.4) is 0 Å². The summed E-state index contributed by atoms with van der Waals surface area (Å²) < 4.78 is 66.4. The number of amides is 1. The van der Waals surface area contributed by atoms with Gasteiger partial charge in [0.2, 0.25) is 0 Å². The number of anilines is 3. The molecular formula is C22H20F3N3O3S. The van der Waals surface area contributed by atoms with E-state index in [2.05, 4.69) is 10.0 Å². The summed E-state index contributed by atoms with van der Waals surface area (Å²) in [5.74, 6) is -0.634. The summed E-state index contributed by atoms with van der Waals surface area (Å²) in [7, 11) is -0.502. The molecule has 6 nitrogen and oxygen atoms in total. The fourth-order valence-electron chi connectivity index (χ4n) is 2.90. The normalized spacial score (nSPS) is 11.7. The van der Waals surface area contributed by atoms with Gasteiger partial charge in [0.1, 0.15) is 0 Å². The van der Waals surface area contributed by atoms with E-state index in [-0.39, 0.29) is 21.8 Å². The van der Waals surface area contributed by atoms with Crippen molar-refractivity contribution in [2.45, 2.75) is 11.1 Å². The van der Waals surface area contributed by atoms with Crippen molar-refractivity contribution in [3.8, 4) is 0 Å². The van der Waals surface area contributed by atoms with Crippen molar-refractivity contribution in [1.82, 2.24) is 0 Å². The summed E-state index contributed by atoms with van der Waals surface area (Å²) >= 11 is 0. The molecule has 1 amide bonds. The maximum Gasteiger partial charge on any atom is 0.416 e. The van der Waals surface area contributed by atoms with Gasteiger partial charge in [0.15, 0.2) is 0 Å². The van der Waals surface area contributed by atoms with E-state index in [4.69, 9.17) is 0 Å². The van der Waals surface area contributed by atoms with Gasteiger partial charge in [-0.2, -0.15) is 13.2 Å². The lowest BCUT2D eigenvalue weighted by Gasteiger charge is -2.20. The van der Waals surface area contributed by atoms with Crippen LogP contribution in [0.4, 0.5) is 30.2 Å². The number of carbonyl (C=O) groups excluding carboxylic acids is 1. The standard InChI is InChI=1S/C22H20F3N3O3S/c1-28(2)20-13-10-16(22(23,24)25)14-19(20)26-21(29)15-8-11-17(12-9-15)27-32(30,31)18-6-4-3-5-7-18/h3-14,27H,1-2H3,(H,26,29). The largest absolute Gasteiger partial charge is 0.416 e. The summed E-state index contributed by atoms with van der Waals surface area (Å²) in [5.41, 5.74) is -0.0976. The van der Waals surface area contributed by atoms with Gasteiger partial charge >= 0.3 is 6.18 Å². The van der Waals surface area contributed by atoms with Gasteiger partial charge in [0.05, 0.1) is 21.8 Å². The highest BCUT2D eigenvalue weighted by molar-refractivity contribution is 7.92. The third kappa shape index (κ3) is 5.38. The van der Waals surface area contributed by atoms with Crippen LogP contribution >= 0.6 is 0 Å². The highest BCUT2D eigenvalue weighted by atomic mass is 32.2. The monoisotopic (exact) mass is 463 g/mol. The number of sulfonamides is 1. The Balaban J connectivity index is 1.80. The summed E-state index contributed by atoms with van der Waals surface area (Å²) in [4.78, 5) is 14.3. The van der Waals surface area contributed by atoms with Crippen molar-refractivity contribution in [2.75, 3.05) is 29.0 Å². The zero-order valence-electron chi connectivity index (χ0n) is 17.1. The highest BCUT2D eigenvalue weighted by Gasteiger charge is 2.31. The topological polar surface area (TPSA) is 78.5 Å². The number of hydrogen-bond donors (Lipinski definition) is 2. The molecule has 0 saturated heterocycles. The van der Waals surface area contributed by atoms with Crippen molar-refractivity contribution in [1.29, 1.82) is 0 Å². The van der Waals surface area contributed by atoms with Crippen LogP contribution in [0.2, 0.25) is 0 Å². The van der Waals surface area contributed by atoms with Gasteiger partial charge in [0.25, 0.3) is 15.9 Å². The molecule has 0 atom stereocenters. The number of halogens is 3. The first-order chi connectivity index (χ1) is 15.0. The fourth-order valence-corrected chi connectivity index (χ4v) is 3.98. The van der Waals surface area contributed by atoms with Crippen molar-refractivity contribution in [3.63, 3.8) is 0 Å². The van der Waals surface area contributed by atoms with Gasteiger partial charge in [-0.25, -0.2) is 8.42 Å². The van der Waals surface area contributed by atoms with Crippen LogP contribution in [-0.4, -0.2) is 28.4 Å². The Morgan fingerprint density at radius 2 is 1.53 bits per heavy atom. The molecule has 3 rings (SSSR count). The van der Waals surface area contributed by atoms with Gasteiger partial charge in [-0.1, -0.05) is 18.2 Å². The van der Waals surface area contributed by atoms with Crippen LogP contribution < -0.4 is 14.9 Å². The van der Waals surface area contributed by atoms with Crippen LogP contribution in [0, 0.1) is 0 Å². The SMILES string of the molecule is CN(C)c1ccc(C(F)(F)F)cc1NC(=O)c1ccc(NS(=O)(=O)c2ccccc2)cc1. The molecule has 0 aliphatic carbocycles. The highest BCUT2D eigenvalue weighted by Crippen LogP contribution is 2.35. The zero-order valence-corrected chi connectivity index (χ0v) is 18.0. The molecule has 0 fully saturated rings. The van der Waals surface area contributed by atoms with E-state index >= 15 is 0 Å². The number of benzene rings is 3. The van der Waals surface area contributed by atoms with Crippen LogP contribution in [-0.2, 0) is 16.2 Å². The number of hydrogen-bond acceptors (Lipinski definition) is 4. The molecule has 0 radical (unpaired) electrons. The van der Waals surface area contributed by atoms with Gasteiger partial charge in [-0.05, 0) is 54.6 Å². The molecular weight excluding hydrogens is 443 g/mol. The van der Waals surface area contributed by atoms with E-state index < -0.39 is 27.7 Å². The average molecular weight is 463 g/mol. The number of carbonyl (C=O) groups is 1. The second-order valence-corrected chi connectivity index (χ2v) is 8.76. The number of rotatable bonds is 6.